The maximum atomic E-state index is 15.2. The van der Waals surface area contributed by atoms with E-state index < -0.39 is 58.6 Å². The summed E-state index contributed by atoms with van der Waals surface area (Å²) in [7, 11) is 0. The number of pyridine rings is 1. The highest BCUT2D eigenvalue weighted by Crippen LogP contribution is 2.33. The minimum absolute atomic E-state index is 0.00304. The van der Waals surface area contributed by atoms with Gasteiger partial charge in [0.05, 0.1) is 16.8 Å². The van der Waals surface area contributed by atoms with Crippen molar-refractivity contribution in [1.82, 2.24) is 24.6 Å². The van der Waals surface area contributed by atoms with Crippen LogP contribution >= 0.6 is 0 Å². The summed E-state index contributed by atoms with van der Waals surface area (Å²) in [5, 5.41) is 8.56. The van der Waals surface area contributed by atoms with Crippen LogP contribution in [-0.4, -0.2) is 86.1 Å². The van der Waals surface area contributed by atoms with E-state index in [0.29, 0.717) is 10.7 Å². The average molecular weight is 744 g/mol. The lowest BCUT2D eigenvalue weighted by atomic mass is 10.1. The quantitative estimate of drug-likeness (QED) is 0.198. The third-order valence-electron chi connectivity index (χ3n) is 7.40. The normalized spacial score (nSPS) is 13.8. The molecule has 0 radical (unpaired) electrons. The number of ether oxygens (including phenoxy) is 3. The van der Waals surface area contributed by atoms with E-state index >= 15 is 4.39 Å². The summed E-state index contributed by atoms with van der Waals surface area (Å²) in [6.07, 6.45) is -4.90. The van der Waals surface area contributed by atoms with Gasteiger partial charge in [-0.15, -0.1) is 0 Å². The number of carbonyl (C=O) groups is 4. The lowest BCUT2D eigenvalue weighted by molar-refractivity contribution is -0.137. The number of benzene rings is 2. The van der Waals surface area contributed by atoms with Gasteiger partial charge in [-0.1, -0.05) is 0 Å². The lowest BCUT2D eigenvalue weighted by Crippen LogP contribution is -2.52. The number of alkyl halides is 3. The Balaban J connectivity index is 1.25. The van der Waals surface area contributed by atoms with Crippen molar-refractivity contribution in [2.45, 2.75) is 58.9 Å². The van der Waals surface area contributed by atoms with Crippen LogP contribution < -0.4 is 15.4 Å². The monoisotopic (exact) mass is 743 g/mol. The summed E-state index contributed by atoms with van der Waals surface area (Å²) in [6.45, 7) is 11.1. The highest BCUT2D eigenvalue weighted by molar-refractivity contribution is 6.12. The summed E-state index contributed by atoms with van der Waals surface area (Å²) >= 11 is 0. The molecule has 282 valence electrons. The van der Waals surface area contributed by atoms with Crippen molar-refractivity contribution < 1.29 is 51.0 Å². The number of nitrogens with zero attached hydrogens (tertiary/aromatic N) is 5. The minimum atomic E-state index is -4.76. The van der Waals surface area contributed by atoms with Crippen LogP contribution in [0.5, 0.6) is 11.5 Å². The Labute approximate surface area is 301 Å². The van der Waals surface area contributed by atoms with Gasteiger partial charge in [0.25, 0.3) is 5.91 Å². The summed E-state index contributed by atoms with van der Waals surface area (Å²) in [4.78, 5) is 58.4. The van der Waals surface area contributed by atoms with E-state index in [1.54, 1.807) is 41.5 Å². The lowest BCUT2D eigenvalue weighted by Gasteiger charge is -2.35. The number of piperazine rings is 1. The summed E-state index contributed by atoms with van der Waals surface area (Å²) in [6, 6.07) is 8.25. The van der Waals surface area contributed by atoms with E-state index in [9.17, 15) is 32.3 Å². The number of rotatable bonds is 5. The van der Waals surface area contributed by atoms with Gasteiger partial charge in [0, 0.05) is 49.9 Å². The van der Waals surface area contributed by atoms with Crippen LogP contribution in [0.4, 0.5) is 43.5 Å². The number of anilines is 2. The predicted molar refractivity (Wildman–Crippen MR) is 183 cm³/mol. The van der Waals surface area contributed by atoms with E-state index in [2.05, 4.69) is 20.7 Å². The molecule has 18 heteroatoms. The molecule has 1 aliphatic heterocycles. The van der Waals surface area contributed by atoms with Crippen molar-refractivity contribution in [2.75, 3.05) is 36.8 Å². The Bertz CT molecular complexity index is 2050. The molecule has 0 atom stereocenters. The number of hydrogen-bond acceptors (Lipinski definition) is 9. The van der Waals surface area contributed by atoms with Crippen molar-refractivity contribution in [3.8, 4) is 11.5 Å². The van der Waals surface area contributed by atoms with E-state index in [4.69, 9.17) is 14.2 Å². The molecule has 2 aromatic carbocycles. The predicted octanol–water partition coefficient (Wildman–Crippen LogP) is 7.50. The average Bonchev–Trinajstić information content (AvgIpc) is 3.44. The van der Waals surface area contributed by atoms with Crippen LogP contribution in [0.3, 0.4) is 0 Å². The standard InChI is InChI=1S/C35H37F4N7O7/c1-33(2,3)52-31(49)45-15-13-44(14-16-45)30(48)42-27-19-22(11-12-40-27)51-21-8-9-25(24(36)18-21)41-29(47)28-23-17-20(35(37,38)39)7-10-26(23)46(43-28)32(50)53-34(4,5)6/h7-12,17-19H,13-16H2,1-6H3,(H,41,47)(H,40,42,48). The zero-order valence-corrected chi connectivity index (χ0v) is 29.6. The highest BCUT2D eigenvalue weighted by Gasteiger charge is 2.33. The Morgan fingerprint density at radius 3 is 2.00 bits per heavy atom. The van der Waals surface area contributed by atoms with E-state index in [1.165, 1.54) is 34.2 Å². The molecule has 14 nitrogen and oxygen atoms in total. The van der Waals surface area contributed by atoms with Gasteiger partial charge in [-0.25, -0.2) is 23.8 Å². The summed E-state index contributed by atoms with van der Waals surface area (Å²) in [5.74, 6) is -1.74. The van der Waals surface area contributed by atoms with Gasteiger partial charge >= 0.3 is 24.4 Å². The van der Waals surface area contributed by atoms with Crippen molar-refractivity contribution in [3.63, 3.8) is 0 Å². The van der Waals surface area contributed by atoms with Crippen LogP contribution in [0, 0.1) is 5.82 Å². The van der Waals surface area contributed by atoms with E-state index in [1.807, 2.05) is 0 Å². The number of aromatic nitrogens is 3. The van der Waals surface area contributed by atoms with Gasteiger partial charge in [-0.05, 0) is 77.9 Å². The van der Waals surface area contributed by atoms with Crippen LogP contribution in [0.25, 0.3) is 10.9 Å². The van der Waals surface area contributed by atoms with Gasteiger partial charge < -0.3 is 29.3 Å². The first kappa shape index (κ1) is 38.3. The highest BCUT2D eigenvalue weighted by atomic mass is 19.4. The molecule has 2 aromatic heterocycles. The second kappa shape index (κ2) is 14.6. The topological polar surface area (TPSA) is 157 Å². The molecule has 2 N–H and O–H groups in total. The zero-order chi connectivity index (χ0) is 38.9. The van der Waals surface area contributed by atoms with Crippen molar-refractivity contribution in [3.05, 3.63) is 71.8 Å². The molecule has 0 saturated carbocycles. The van der Waals surface area contributed by atoms with E-state index in [-0.39, 0.29) is 60.1 Å². The molecule has 1 saturated heterocycles. The van der Waals surface area contributed by atoms with Crippen LogP contribution in [0.1, 0.15) is 57.6 Å². The van der Waals surface area contributed by atoms with Gasteiger partial charge in [0.2, 0.25) is 0 Å². The second-order valence-corrected chi connectivity index (χ2v) is 13.9. The van der Waals surface area contributed by atoms with Gasteiger partial charge in [-0.3, -0.25) is 10.1 Å². The molecule has 0 unspecified atom stereocenters. The Morgan fingerprint density at radius 2 is 1.38 bits per heavy atom. The number of nitrogens with one attached hydrogen (secondary N) is 2. The first-order valence-electron chi connectivity index (χ1n) is 16.3. The Kier molecular flexibility index (Phi) is 10.5. The van der Waals surface area contributed by atoms with Crippen LogP contribution in [0.2, 0.25) is 0 Å². The maximum Gasteiger partial charge on any atom is 0.435 e. The Hall–Kier alpha value is -5.94. The molecule has 3 heterocycles. The van der Waals surface area contributed by atoms with E-state index in [0.717, 1.165) is 24.3 Å². The first-order valence-corrected chi connectivity index (χ1v) is 16.3. The smallest absolute Gasteiger partial charge is 0.435 e. The number of carbonyl (C=O) groups excluding carboxylic acids is 4. The number of amides is 4. The molecular formula is C35H37F4N7O7. The molecule has 1 fully saturated rings. The van der Waals surface area contributed by atoms with Gasteiger partial charge in [0.1, 0.15) is 34.3 Å². The number of fused-ring (bicyclic) bond motifs is 1. The molecule has 1 aliphatic rings. The third kappa shape index (κ3) is 9.69. The second-order valence-electron chi connectivity index (χ2n) is 13.9. The number of urea groups is 1. The fourth-order valence-electron chi connectivity index (χ4n) is 5.04. The van der Waals surface area contributed by atoms with Crippen molar-refractivity contribution in [1.29, 1.82) is 0 Å². The molecule has 4 amide bonds. The molecular weight excluding hydrogens is 706 g/mol. The number of hydrogen-bond donors (Lipinski definition) is 2. The summed E-state index contributed by atoms with van der Waals surface area (Å²) < 4.78 is 72.9. The number of halogens is 4. The largest absolute Gasteiger partial charge is 0.457 e. The Morgan fingerprint density at radius 1 is 0.755 bits per heavy atom. The maximum absolute atomic E-state index is 15.2. The van der Waals surface area contributed by atoms with Gasteiger partial charge in [0.15, 0.2) is 5.69 Å². The molecule has 4 aromatic rings. The first-order chi connectivity index (χ1) is 24.7. The van der Waals surface area contributed by atoms with Crippen LogP contribution in [0.15, 0.2) is 54.7 Å². The molecule has 0 aliphatic carbocycles. The molecule has 5 rings (SSSR count). The summed E-state index contributed by atoms with van der Waals surface area (Å²) in [5.41, 5.74) is -3.78. The molecule has 0 spiro atoms. The SMILES string of the molecule is CC(C)(C)OC(=O)N1CCN(C(=O)Nc2cc(Oc3ccc(NC(=O)c4nn(C(=O)OC(C)(C)C)c5ccc(C(F)(F)F)cc45)c(F)c3)ccn2)CC1. The molecule has 53 heavy (non-hydrogen) atoms. The van der Waals surface area contributed by atoms with Gasteiger partial charge in [-0.2, -0.15) is 23.0 Å². The van der Waals surface area contributed by atoms with Crippen LogP contribution in [-0.2, 0) is 15.7 Å². The molecule has 0 bridgehead atoms. The fourth-order valence-corrected chi connectivity index (χ4v) is 5.04. The minimum Gasteiger partial charge on any atom is -0.457 e. The fraction of sp³-hybridized carbons (Fsp3) is 0.371. The zero-order valence-electron chi connectivity index (χ0n) is 29.6. The third-order valence-corrected chi connectivity index (χ3v) is 7.40. The van der Waals surface area contributed by atoms with Crippen molar-refractivity contribution >= 4 is 46.5 Å². The van der Waals surface area contributed by atoms with Crippen molar-refractivity contribution in [2.24, 2.45) is 0 Å².